The summed E-state index contributed by atoms with van der Waals surface area (Å²) in [5, 5.41) is 2.96. The summed E-state index contributed by atoms with van der Waals surface area (Å²) in [4.78, 5) is 28.7. The molecule has 0 bridgehead atoms. The van der Waals surface area contributed by atoms with Crippen LogP contribution in [0.5, 0.6) is 0 Å². The maximum absolute atomic E-state index is 13.0. The van der Waals surface area contributed by atoms with E-state index in [1.54, 1.807) is 0 Å². The Balaban J connectivity index is 1.47. The van der Waals surface area contributed by atoms with Crippen molar-refractivity contribution in [2.24, 2.45) is 5.92 Å². The number of nitrogens with one attached hydrogen (secondary N) is 1. The van der Waals surface area contributed by atoms with E-state index in [1.165, 1.54) is 5.56 Å². The van der Waals surface area contributed by atoms with Crippen LogP contribution in [0, 0.1) is 12.8 Å². The molecule has 1 heterocycles. The van der Waals surface area contributed by atoms with Crippen LogP contribution < -0.4 is 10.2 Å². The van der Waals surface area contributed by atoms with Crippen LogP contribution in [0.1, 0.15) is 30.4 Å². The number of urea groups is 1. The fourth-order valence-corrected chi connectivity index (χ4v) is 3.42. The second kappa shape index (κ2) is 7.43. The van der Waals surface area contributed by atoms with Gasteiger partial charge >= 0.3 is 6.03 Å². The minimum absolute atomic E-state index is 0.0208. The van der Waals surface area contributed by atoms with Crippen molar-refractivity contribution in [2.45, 2.75) is 32.7 Å². The van der Waals surface area contributed by atoms with E-state index in [2.05, 4.69) is 36.5 Å². The Morgan fingerprint density at radius 3 is 2.63 bits per heavy atom. The van der Waals surface area contributed by atoms with Crippen molar-refractivity contribution in [3.63, 3.8) is 0 Å². The lowest BCUT2D eigenvalue weighted by molar-refractivity contribution is -0.117. The number of hydrogen-bond donors (Lipinski definition) is 1. The maximum atomic E-state index is 13.0. The van der Waals surface area contributed by atoms with Crippen LogP contribution >= 0.6 is 0 Å². The van der Waals surface area contributed by atoms with Crippen molar-refractivity contribution in [1.82, 2.24) is 4.90 Å². The first-order chi connectivity index (χ1) is 13.1. The second-order valence-electron chi connectivity index (χ2n) is 7.51. The number of benzene rings is 2. The summed E-state index contributed by atoms with van der Waals surface area (Å²) in [6.45, 7) is 4.14. The first kappa shape index (κ1) is 17.6. The molecule has 0 radical (unpaired) electrons. The topological polar surface area (TPSA) is 52.6 Å². The Morgan fingerprint density at radius 2 is 1.89 bits per heavy atom. The molecule has 1 saturated heterocycles. The Hall–Kier alpha value is -2.82. The Labute approximate surface area is 160 Å². The zero-order chi connectivity index (χ0) is 18.8. The predicted octanol–water partition coefficient (Wildman–Crippen LogP) is 4.18. The van der Waals surface area contributed by atoms with Crippen LogP contribution in [-0.2, 0) is 11.3 Å². The first-order valence-electron chi connectivity index (χ1n) is 9.63. The number of carbonyl (C=O) groups excluding carboxylic acids is 2. The second-order valence-corrected chi connectivity index (χ2v) is 7.51. The van der Waals surface area contributed by atoms with Gasteiger partial charge in [0.1, 0.15) is 0 Å². The molecule has 2 aromatic rings. The molecule has 1 saturated carbocycles. The summed E-state index contributed by atoms with van der Waals surface area (Å²) in [5.41, 5.74) is 3.95. The molecule has 1 aliphatic carbocycles. The van der Waals surface area contributed by atoms with Gasteiger partial charge in [0, 0.05) is 36.9 Å². The van der Waals surface area contributed by atoms with Crippen LogP contribution in [0.25, 0.3) is 0 Å². The van der Waals surface area contributed by atoms with Crippen LogP contribution in [0.15, 0.2) is 48.5 Å². The number of amides is 3. The smallest absolute Gasteiger partial charge is 0.324 e. The minimum Gasteiger partial charge on any atom is -0.326 e. The SMILES string of the molecule is Cc1ccc(CN2CCCN(c3cccc(NC(=O)C4CC4)c3)C2=O)cc1. The summed E-state index contributed by atoms with van der Waals surface area (Å²) in [6, 6.07) is 15.9. The molecule has 27 heavy (non-hydrogen) atoms. The molecule has 0 aromatic heterocycles. The molecule has 0 unspecified atom stereocenters. The molecule has 1 aliphatic heterocycles. The van der Waals surface area contributed by atoms with Crippen molar-refractivity contribution in [1.29, 1.82) is 0 Å². The summed E-state index contributed by atoms with van der Waals surface area (Å²) >= 11 is 0. The molecular weight excluding hydrogens is 338 g/mol. The fourth-order valence-electron chi connectivity index (χ4n) is 3.42. The van der Waals surface area contributed by atoms with E-state index < -0.39 is 0 Å². The molecule has 1 N–H and O–H groups in total. The standard InChI is InChI=1S/C22H25N3O2/c1-16-6-8-17(9-7-16)15-24-12-3-13-25(22(24)27)20-5-2-4-19(14-20)23-21(26)18-10-11-18/h2,4-9,14,18H,3,10-13,15H2,1H3,(H,23,26). The normalized spacial score (nSPS) is 17.1. The molecule has 4 rings (SSSR count). The van der Waals surface area contributed by atoms with E-state index in [0.717, 1.165) is 42.7 Å². The van der Waals surface area contributed by atoms with Gasteiger partial charge in [0.05, 0.1) is 0 Å². The van der Waals surface area contributed by atoms with Gasteiger partial charge in [0.25, 0.3) is 0 Å². The van der Waals surface area contributed by atoms with Crippen LogP contribution in [0.2, 0.25) is 0 Å². The van der Waals surface area contributed by atoms with Crippen molar-refractivity contribution >= 4 is 23.3 Å². The van der Waals surface area contributed by atoms with E-state index >= 15 is 0 Å². The van der Waals surface area contributed by atoms with Gasteiger partial charge in [-0.3, -0.25) is 9.69 Å². The highest BCUT2D eigenvalue weighted by Crippen LogP contribution is 2.31. The zero-order valence-corrected chi connectivity index (χ0v) is 15.6. The molecule has 140 valence electrons. The van der Waals surface area contributed by atoms with Gasteiger partial charge in [-0.1, -0.05) is 35.9 Å². The number of anilines is 2. The van der Waals surface area contributed by atoms with Gasteiger partial charge in [-0.25, -0.2) is 4.79 Å². The maximum Gasteiger partial charge on any atom is 0.324 e. The number of carbonyl (C=O) groups is 2. The van der Waals surface area contributed by atoms with Crippen molar-refractivity contribution in [3.8, 4) is 0 Å². The molecular formula is C22H25N3O2. The lowest BCUT2D eigenvalue weighted by atomic mass is 10.1. The van der Waals surface area contributed by atoms with Crippen molar-refractivity contribution in [3.05, 3.63) is 59.7 Å². The molecule has 5 heteroatoms. The van der Waals surface area contributed by atoms with Gasteiger partial charge in [0.15, 0.2) is 0 Å². The minimum atomic E-state index is 0.0208. The van der Waals surface area contributed by atoms with Gasteiger partial charge in [-0.2, -0.15) is 0 Å². The number of nitrogens with zero attached hydrogens (tertiary/aromatic N) is 2. The van der Waals surface area contributed by atoms with Gasteiger partial charge in [-0.05, 0) is 49.9 Å². The number of aryl methyl sites for hydroxylation is 1. The highest BCUT2D eigenvalue weighted by Gasteiger charge is 2.30. The Morgan fingerprint density at radius 1 is 1.11 bits per heavy atom. The molecule has 2 aliphatic rings. The molecule has 5 nitrogen and oxygen atoms in total. The largest absolute Gasteiger partial charge is 0.326 e. The zero-order valence-electron chi connectivity index (χ0n) is 15.6. The third kappa shape index (κ3) is 4.13. The first-order valence-corrected chi connectivity index (χ1v) is 9.63. The molecule has 3 amide bonds. The third-order valence-corrected chi connectivity index (χ3v) is 5.18. The molecule has 0 spiro atoms. The number of rotatable bonds is 5. The third-order valence-electron chi connectivity index (χ3n) is 5.18. The van der Waals surface area contributed by atoms with E-state index in [0.29, 0.717) is 13.1 Å². The molecule has 0 atom stereocenters. The highest BCUT2D eigenvalue weighted by molar-refractivity contribution is 5.96. The lowest BCUT2D eigenvalue weighted by Crippen LogP contribution is -2.49. The molecule has 2 aromatic carbocycles. The monoisotopic (exact) mass is 363 g/mol. The highest BCUT2D eigenvalue weighted by atomic mass is 16.2. The molecule has 2 fully saturated rings. The van der Waals surface area contributed by atoms with E-state index in [-0.39, 0.29) is 17.9 Å². The summed E-state index contributed by atoms with van der Waals surface area (Å²) in [5.74, 6) is 0.244. The summed E-state index contributed by atoms with van der Waals surface area (Å²) in [6.07, 6.45) is 2.88. The van der Waals surface area contributed by atoms with E-state index in [4.69, 9.17) is 0 Å². The van der Waals surface area contributed by atoms with E-state index in [1.807, 2.05) is 34.1 Å². The number of hydrogen-bond acceptors (Lipinski definition) is 2. The van der Waals surface area contributed by atoms with Crippen LogP contribution in [0.3, 0.4) is 0 Å². The fraction of sp³-hybridized carbons (Fsp3) is 0.364. The summed E-state index contributed by atoms with van der Waals surface area (Å²) in [7, 11) is 0. The average molecular weight is 363 g/mol. The van der Waals surface area contributed by atoms with Gasteiger partial charge in [0.2, 0.25) is 5.91 Å². The predicted molar refractivity (Wildman–Crippen MR) is 107 cm³/mol. The van der Waals surface area contributed by atoms with Gasteiger partial charge in [-0.15, -0.1) is 0 Å². The van der Waals surface area contributed by atoms with Crippen molar-refractivity contribution in [2.75, 3.05) is 23.3 Å². The van der Waals surface area contributed by atoms with Crippen LogP contribution in [-0.4, -0.2) is 29.9 Å². The lowest BCUT2D eigenvalue weighted by Gasteiger charge is -2.36. The average Bonchev–Trinajstić information content (AvgIpc) is 3.51. The van der Waals surface area contributed by atoms with Gasteiger partial charge < -0.3 is 10.2 Å². The Bertz CT molecular complexity index is 843. The van der Waals surface area contributed by atoms with Crippen molar-refractivity contribution < 1.29 is 9.59 Å². The quantitative estimate of drug-likeness (QED) is 0.866. The van der Waals surface area contributed by atoms with E-state index in [9.17, 15) is 9.59 Å². The Kier molecular flexibility index (Phi) is 4.84. The van der Waals surface area contributed by atoms with Crippen LogP contribution in [0.4, 0.5) is 16.2 Å². The summed E-state index contributed by atoms with van der Waals surface area (Å²) < 4.78 is 0.